The summed E-state index contributed by atoms with van der Waals surface area (Å²) in [5.74, 6) is 1.32. The van der Waals surface area contributed by atoms with Gasteiger partial charge in [0, 0.05) is 34.3 Å². The van der Waals surface area contributed by atoms with E-state index in [1.807, 2.05) is 79.9 Å². The standard InChI is InChI=1S/C29H24N4/c1-21-20-30-29(32-27-19-11-9-17-25(27)23-14-6-3-7-15-23)33-28(21)31-26-18-10-8-16-24(26)22-12-4-2-5-13-22/h2-20H,1H3,(H2,30,31,32,33). The van der Waals surface area contributed by atoms with Crippen LogP contribution in [0, 0.1) is 6.92 Å². The second-order valence-corrected chi connectivity index (χ2v) is 7.80. The van der Waals surface area contributed by atoms with Gasteiger partial charge in [0.05, 0.1) is 0 Å². The van der Waals surface area contributed by atoms with Gasteiger partial charge in [-0.15, -0.1) is 0 Å². The van der Waals surface area contributed by atoms with Crippen molar-refractivity contribution in [2.24, 2.45) is 0 Å². The van der Waals surface area contributed by atoms with Crippen LogP contribution in [0.1, 0.15) is 5.56 Å². The SMILES string of the molecule is Cc1cnc(Nc2ccccc2-c2ccccc2)nc1Nc1ccccc1-c1ccccc1. The minimum absolute atomic E-state index is 0.545. The fourth-order valence-corrected chi connectivity index (χ4v) is 3.80. The van der Waals surface area contributed by atoms with Crippen LogP contribution in [-0.2, 0) is 0 Å². The molecule has 0 fully saturated rings. The van der Waals surface area contributed by atoms with E-state index < -0.39 is 0 Å². The summed E-state index contributed by atoms with van der Waals surface area (Å²) in [6.45, 7) is 2.01. The highest BCUT2D eigenvalue weighted by Crippen LogP contribution is 2.32. The van der Waals surface area contributed by atoms with E-state index in [1.165, 1.54) is 0 Å². The van der Waals surface area contributed by atoms with Gasteiger partial charge in [-0.3, -0.25) is 0 Å². The molecule has 0 bridgehead atoms. The minimum Gasteiger partial charge on any atom is -0.339 e. The van der Waals surface area contributed by atoms with Crippen LogP contribution in [0.15, 0.2) is 115 Å². The van der Waals surface area contributed by atoms with Gasteiger partial charge in [0.15, 0.2) is 0 Å². The Hall–Kier alpha value is -4.44. The smallest absolute Gasteiger partial charge is 0.229 e. The molecule has 0 unspecified atom stereocenters. The van der Waals surface area contributed by atoms with Crippen LogP contribution < -0.4 is 10.6 Å². The lowest BCUT2D eigenvalue weighted by Crippen LogP contribution is -2.04. The lowest BCUT2D eigenvalue weighted by molar-refractivity contribution is 1.13. The Labute approximate surface area is 194 Å². The summed E-state index contributed by atoms with van der Waals surface area (Å²) >= 11 is 0. The summed E-state index contributed by atoms with van der Waals surface area (Å²) in [6.07, 6.45) is 1.84. The van der Waals surface area contributed by atoms with Gasteiger partial charge in [0.2, 0.25) is 5.95 Å². The summed E-state index contributed by atoms with van der Waals surface area (Å²) in [5, 5.41) is 6.93. The highest BCUT2D eigenvalue weighted by atomic mass is 15.1. The molecule has 0 aliphatic rings. The van der Waals surface area contributed by atoms with Crippen LogP contribution >= 0.6 is 0 Å². The number of hydrogen-bond acceptors (Lipinski definition) is 4. The van der Waals surface area contributed by atoms with Crippen LogP contribution in [0.5, 0.6) is 0 Å². The van der Waals surface area contributed by atoms with Crippen molar-refractivity contribution in [3.63, 3.8) is 0 Å². The minimum atomic E-state index is 0.545. The van der Waals surface area contributed by atoms with E-state index in [1.54, 1.807) is 0 Å². The summed E-state index contributed by atoms with van der Waals surface area (Å²) in [5.41, 5.74) is 7.46. The number of aromatic nitrogens is 2. The number of hydrogen-bond donors (Lipinski definition) is 2. The second kappa shape index (κ2) is 9.37. The first-order chi connectivity index (χ1) is 16.3. The van der Waals surface area contributed by atoms with Crippen LogP contribution in [-0.4, -0.2) is 9.97 Å². The molecule has 0 aliphatic carbocycles. The molecular formula is C29H24N4. The summed E-state index contributed by atoms with van der Waals surface area (Å²) in [4.78, 5) is 9.33. The second-order valence-electron chi connectivity index (χ2n) is 7.80. The zero-order valence-corrected chi connectivity index (χ0v) is 18.4. The van der Waals surface area contributed by atoms with E-state index in [2.05, 4.69) is 58.1 Å². The Morgan fingerprint density at radius 1 is 0.545 bits per heavy atom. The first-order valence-electron chi connectivity index (χ1n) is 10.9. The first kappa shape index (κ1) is 20.5. The maximum absolute atomic E-state index is 4.80. The zero-order chi connectivity index (χ0) is 22.5. The Bertz CT molecular complexity index is 1370. The lowest BCUT2D eigenvalue weighted by atomic mass is 10.0. The van der Waals surface area contributed by atoms with Gasteiger partial charge in [-0.1, -0.05) is 97.1 Å². The maximum atomic E-state index is 4.80. The molecule has 0 saturated heterocycles. The molecule has 1 heterocycles. The fourth-order valence-electron chi connectivity index (χ4n) is 3.80. The number of nitrogens with zero attached hydrogens (tertiary/aromatic N) is 2. The summed E-state index contributed by atoms with van der Waals surface area (Å²) in [7, 11) is 0. The molecule has 0 aliphatic heterocycles. The predicted molar refractivity (Wildman–Crippen MR) is 137 cm³/mol. The molecule has 5 aromatic rings. The van der Waals surface area contributed by atoms with Crippen molar-refractivity contribution in [1.82, 2.24) is 9.97 Å². The average Bonchev–Trinajstić information content (AvgIpc) is 2.88. The van der Waals surface area contributed by atoms with Crippen molar-refractivity contribution in [2.45, 2.75) is 6.92 Å². The molecule has 0 saturated carbocycles. The van der Waals surface area contributed by atoms with E-state index in [9.17, 15) is 0 Å². The molecule has 4 nitrogen and oxygen atoms in total. The molecule has 4 aromatic carbocycles. The molecule has 2 N–H and O–H groups in total. The monoisotopic (exact) mass is 428 g/mol. The van der Waals surface area contributed by atoms with Crippen molar-refractivity contribution in [3.05, 3.63) is 121 Å². The Kier molecular flexibility index (Phi) is 5.81. The molecule has 0 atom stereocenters. The maximum Gasteiger partial charge on any atom is 0.229 e. The van der Waals surface area contributed by atoms with E-state index in [0.717, 1.165) is 45.0 Å². The quantitative estimate of drug-likeness (QED) is 0.292. The molecule has 4 heteroatoms. The third kappa shape index (κ3) is 4.60. The van der Waals surface area contributed by atoms with E-state index in [4.69, 9.17) is 4.98 Å². The van der Waals surface area contributed by atoms with Gasteiger partial charge in [0.25, 0.3) is 0 Å². The van der Waals surface area contributed by atoms with E-state index in [0.29, 0.717) is 5.95 Å². The number of benzene rings is 4. The lowest BCUT2D eigenvalue weighted by Gasteiger charge is -2.15. The van der Waals surface area contributed by atoms with Crippen LogP contribution in [0.25, 0.3) is 22.3 Å². The van der Waals surface area contributed by atoms with Crippen LogP contribution in [0.3, 0.4) is 0 Å². The van der Waals surface area contributed by atoms with Crippen LogP contribution in [0.4, 0.5) is 23.1 Å². The largest absolute Gasteiger partial charge is 0.339 e. The number of rotatable bonds is 6. The number of anilines is 4. The molecular weight excluding hydrogens is 404 g/mol. The molecule has 0 radical (unpaired) electrons. The van der Waals surface area contributed by atoms with Crippen molar-refractivity contribution in [1.29, 1.82) is 0 Å². The third-order valence-corrected chi connectivity index (χ3v) is 5.49. The molecule has 160 valence electrons. The van der Waals surface area contributed by atoms with Gasteiger partial charge in [-0.2, -0.15) is 4.98 Å². The Balaban J connectivity index is 1.46. The molecule has 1 aromatic heterocycles. The van der Waals surface area contributed by atoms with Gasteiger partial charge in [0.1, 0.15) is 5.82 Å². The molecule has 33 heavy (non-hydrogen) atoms. The summed E-state index contributed by atoms with van der Waals surface area (Å²) < 4.78 is 0. The Morgan fingerprint density at radius 3 is 1.61 bits per heavy atom. The van der Waals surface area contributed by atoms with Gasteiger partial charge in [-0.05, 0) is 30.2 Å². The van der Waals surface area contributed by atoms with E-state index >= 15 is 0 Å². The Morgan fingerprint density at radius 2 is 1.03 bits per heavy atom. The van der Waals surface area contributed by atoms with E-state index in [-0.39, 0.29) is 0 Å². The first-order valence-corrected chi connectivity index (χ1v) is 10.9. The molecule has 5 rings (SSSR count). The average molecular weight is 429 g/mol. The van der Waals surface area contributed by atoms with Gasteiger partial charge < -0.3 is 10.6 Å². The molecule has 0 spiro atoms. The highest BCUT2D eigenvalue weighted by molar-refractivity contribution is 5.82. The van der Waals surface area contributed by atoms with Crippen LogP contribution in [0.2, 0.25) is 0 Å². The fraction of sp³-hybridized carbons (Fsp3) is 0.0345. The van der Waals surface area contributed by atoms with Crippen molar-refractivity contribution in [3.8, 4) is 22.3 Å². The highest BCUT2D eigenvalue weighted by Gasteiger charge is 2.11. The van der Waals surface area contributed by atoms with Crippen molar-refractivity contribution < 1.29 is 0 Å². The van der Waals surface area contributed by atoms with Crippen molar-refractivity contribution in [2.75, 3.05) is 10.6 Å². The topological polar surface area (TPSA) is 49.8 Å². The number of nitrogens with one attached hydrogen (secondary N) is 2. The number of para-hydroxylation sites is 2. The van der Waals surface area contributed by atoms with Gasteiger partial charge in [-0.25, -0.2) is 4.98 Å². The number of aryl methyl sites for hydroxylation is 1. The zero-order valence-electron chi connectivity index (χ0n) is 18.4. The van der Waals surface area contributed by atoms with Crippen molar-refractivity contribution >= 4 is 23.1 Å². The third-order valence-electron chi connectivity index (χ3n) is 5.49. The predicted octanol–water partition coefficient (Wildman–Crippen LogP) is 7.61. The summed E-state index contributed by atoms with van der Waals surface area (Å²) in [6, 6.07) is 37.1. The normalized spacial score (nSPS) is 10.6. The molecule has 0 amide bonds. The van der Waals surface area contributed by atoms with Gasteiger partial charge >= 0.3 is 0 Å².